The second-order valence-electron chi connectivity index (χ2n) is 5.44. The predicted molar refractivity (Wildman–Crippen MR) is 73.0 cm³/mol. The second-order valence-corrected chi connectivity index (χ2v) is 7.27. The van der Waals surface area contributed by atoms with E-state index in [0.717, 1.165) is 12.8 Å². The molecule has 6 nitrogen and oxygen atoms in total. The molecule has 108 valence electrons. The van der Waals surface area contributed by atoms with Crippen molar-refractivity contribution >= 4 is 10.0 Å². The smallest absolute Gasteiger partial charge is 0.247 e. The Morgan fingerprint density at radius 3 is 2.58 bits per heavy atom. The third-order valence-corrected chi connectivity index (χ3v) is 5.68. The first-order valence-corrected chi connectivity index (χ1v) is 8.07. The number of aromatic nitrogens is 2. The van der Waals surface area contributed by atoms with E-state index < -0.39 is 10.0 Å². The molecule has 3 N–H and O–H groups in total. The average molecular weight is 286 g/mol. The van der Waals surface area contributed by atoms with Gasteiger partial charge in [-0.05, 0) is 39.5 Å². The first-order chi connectivity index (χ1) is 8.87. The largest absolute Gasteiger partial charge is 0.325 e. The minimum absolute atomic E-state index is 0.0643. The van der Waals surface area contributed by atoms with Gasteiger partial charge in [0.25, 0.3) is 0 Å². The number of rotatable bonds is 6. The van der Waals surface area contributed by atoms with Crippen molar-refractivity contribution in [2.75, 3.05) is 6.54 Å². The van der Waals surface area contributed by atoms with Gasteiger partial charge in [-0.1, -0.05) is 0 Å². The Bertz CT molecular complexity index is 546. The standard InChI is InChI=1S/C12H22N4O2S/c1-8(2)16(7-10-4-5-10)19(17,18)12-9(3)14-15-11(12)6-13/h8,10H,4-7,13H2,1-3H3,(H,14,15). The Labute approximate surface area is 114 Å². The highest BCUT2D eigenvalue weighted by atomic mass is 32.2. The number of nitrogens with one attached hydrogen (secondary N) is 1. The summed E-state index contributed by atoms with van der Waals surface area (Å²) in [7, 11) is -3.53. The van der Waals surface area contributed by atoms with Crippen LogP contribution in [0.5, 0.6) is 0 Å². The zero-order valence-electron chi connectivity index (χ0n) is 11.7. The van der Waals surface area contributed by atoms with Gasteiger partial charge in [-0.3, -0.25) is 5.10 Å². The minimum Gasteiger partial charge on any atom is -0.325 e. The molecule has 0 atom stereocenters. The van der Waals surface area contributed by atoms with E-state index in [1.54, 1.807) is 11.2 Å². The van der Waals surface area contributed by atoms with E-state index in [4.69, 9.17) is 5.73 Å². The second kappa shape index (κ2) is 5.22. The van der Waals surface area contributed by atoms with Gasteiger partial charge in [0, 0.05) is 19.1 Å². The molecule has 1 aliphatic rings. The van der Waals surface area contributed by atoms with Crippen LogP contribution in [0.3, 0.4) is 0 Å². The number of aryl methyl sites for hydroxylation is 1. The van der Waals surface area contributed by atoms with E-state index in [0.29, 0.717) is 23.9 Å². The van der Waals surface area contributed by atoms with E-state index in [2.05, 4.69) is 10.2 Å². The molecule has 0 unspecified atom stereocenters. The maximum Gasteiger partial charge on any atom is 0.247 e. The lowest BCUT2D eigenvalue weighted by Crippen LogP contribution is -2.39. The molecule has 1 aromatic heterocycles. The van der Waals surface area contributed by atoms with E-state index in [-0.39, 0.29) is 17.5 Å². The number of hydrogen-bond donors (Lipinski definition) is 2. The fourth-order valence-corrected chi connectivity index (χ4v) is 4.26. The molecule has 19 heavy (non-hydrogen) atoms. The quantitative estimate of drug-likeness (QED) is 0.815. The molecular weight excluding hydrogens is 264 g/mol. The Hall–Kier alpha value is -0.920. The average Bonchev–Trinajstić information content (AvgIpc) is 3.07. The highest BCUT2D eigenvalue weighted by Crippen LogP contribution is 2.33. The Kier molecular flexibility index (Phi) is 3.98. The van der Waals surface area contributed by atoms with Crippen molar-refractivity contribution in [1.29, 1.82) is 0 Å². The SMILES string of the molecule is Cc1[nH]nc(CN)c1S(=O)(=O)N(CC1CC1)C(C)C. The van der Waals surface area contributed by atoms with Crippen LogP contribution in [0.25, 0.3) is 0 Å². The van der Waals surface area contributed by atoms with Crippen molar-refractivity contribution in [3.8, 4) is 0 Å². The molecule has 0 spiro atoms. The molecule has 0 bridgehead atoms. The number of nitrogens with zero attached hydrogens (tertiary/aromatic N) is 2. The molecule has 0 aromatic carbocycles. The van der Waals surface area contributed by atoms with E-state index in [1.165, 1.54) is 0 Å². The summed E-state index contributed by atoms with van der Waals surface area (Å²) in [5.74, 6) is 0.505. The van der Waals surface area contributed by atoms with Crippen molar-refractivity contribution in [3.05, 3.63) is 11.4 Å². The Morgan fingerprint density at radius 2 is 2.11 bits per heavy atom. The summed E-state index contributed by atoms with van der Waals surface area (Å²) in [5, 5.41) is 6.70. The van der Waals surface area contributed by atoms with E-state index in [1.807, 2.05) is 13.8 Å². The van der Waals surface area contributed by atoms with Gasteiger partial charge >= 0.3 is 0 Å². The monoisotopic (exact) mass is 286 g/mol. The molecule has 0 aliphatic heterocycles. The summed E-state index contributed by atoms with van der Waals surface area (Å²) in [5.41, 5.74) is 6.56. The lowest BCUT2D eigenvalue weighted by atomic mass is 10.3. The van der Waals surface area contributed by atoms with Crippen molar-refractivity contribution in [3.63, 3.8) is 0 Å². The van der Waals surface area contributed by atoms with Crippen molar-refractivity contribution < 1.29 is 8.42 Å². The molecule has 0 saturated heterocycles. The van der Waals surface area contributed by atoms with Gasteiger partial charge in [0.1, 0.15) is 4.90 Å². The van der Waals surface area contributed by atoms with Crippen LogP contribution in [0.15, 0.2) is 4.90 Å². The van der Waals surface area contributed by atoms with Crippen LogP contribution in [0.4, 0.5) is 0 Å². The summed E-state index contributed by atoms with van der Waals surface area (Å²) >= 11 is 0. The normalized spacial score (nSPS) is 16.5. The molecule has 0 radical (unpaired) electrons. The number of nitrogens with two attached hydrogens (primary N) is 1. The topological polar surface area (TPSA) is 92.1 Å². The lowest BCUT2D eigenvalue weighted by molar-refractivity contribution is 0.341. The first kappa shape index (κ1) is 14.5. The van der Waals surface area contributed by atoms with E-state index >= 15 is 0 Å². The van der Waals surface area contributed by atoms with Crippen LogP contribution in [0, 0.1) is 12.8 Å². The fourth-order valence-electron chi connectivity index (χ4n) is 2.21. The molecule has 1 aliphatic carbocycles. The number of H-pyrrole nitrogens is 1. The van der Waals surface area contributed by atoms with Crippen LogP contribution in [0.2, 0.25) is 0 Å². The lowest BCUT2D eigenvalue weighted by Gasteiger charge is -2.26. The Morgan fingerprint density at radius 1 is 1.47 bits per heavy atom. The van der Waals surface area contributed by atoms with Gasteiger partial charge in [0.05, 0.1) is 11.4 Å². The van der Waals surface area contributed by atoms with Crippen LogP contribution in [-0.4, -0.2) is 35.5 Å². The summed E-state index contributed by atoms with van der Waals surface area (Å²) in [4.78, 5) is 0.254. The van der Waals surface area contributed by atoms with Gasteiger partial charge in [0.2, 0.25) is 10.0 Å². The molecule has 1 saturated carbocycles. The fraction of sp³-hybridized carbons (Fsp3) is 0.750. The molecule has 1 heterocycles. The van der Waals surface area contributed by atoms with Crippen LogP contribution in [-0.2, 0) is 16.6 Å². The van der Waals surface area contributed by atoms with Gasteiger partial charge in [0.15, 0.2) is 0 Å². The minimum atomic E-state index is -3.53. The van der Waals surface area contributed by atoms with Crippen molar-refractivity contribution in [2.24, 2.45) is 11.7 Å². The maximum atomic E-state index is 12.8. The summed E-state index contributed by atoms with van der Waals surface area (Å²) in [6.07, 6.45) is 2.24. The summed E-state index contributed by atoms with van der Waals surface area (Å²) in [6.45, 7) is 6.23. The number of sulfonamides is 1. The molecular formula is C12H22N4O2S. The summed E-state index contributed by atoms with van der Waals surface area (Å²) < 4.78 is 27.2. The highest BCUT2D eigenvalue weighted by molar-refractivity contribution is 7.89. The van der Waals surface area contributed by atoms with Gasteiger partial charge in [-0.25, -0.2) is 8.42 Å². The first-order valence-electron chi connectivity index (χ1n) is 6.63. The molecule has 2 rings (SSSR count). The molecule has 0 amide bonds. The van der Waals surface area contributed by atoms with Crippen LogP contribution >= 0.6 is 0 Å². The maximum absolute atomic E-state index is 12.8. The number of aromatic amines is 1. The third kappa shape index (κ3) is 2.82. The van der Waals surface area contributed by atoms with E-state index in [9.17, 15) is 8.42 Å². The number of hydrogen-bond acceptors (Lipinski definition) is 4. The highest BCUT2D eigenvalue weighted by Gasteiger charge is 2.36. The van der Waals surface area contributed by atoms with Gasteiger partial charge in [-0.2, -0.15) is 9.40 Å². The zero-order valence-corrected chi connectivity index (χ0v) is 12.5. The summed E-state index contributed by atoms with van der Waals surface area (Å²) in [6, 6.07) is -0.0643. The predicted octanol–water partition coefficient (Wildman–Crippen LogP) is 0.986. The molecule has 1 aromatic rings. The third-order valence-electron chi connectivity index (χ3n) is 3.43. The van der Waals surface area contributed by atoms with Gasteiger partial charge in [-0.15, -0.1) is 0 Å². The Balaban J connectivity index is 2.40. The van der Waals surface area contributed by atoms with Crippen molar-refractivity contribution in [2.45, 2.75) is 51.1 Å². The van der Waals surface area contributed by atoms with Gasteiger partial charge < -0.3 is 5.73 Å². The molecule has 1 fully saturated rings. The zero-order chi connectivity index (χ0) is 14.2. The van der Waals surface area contributed by atoms with Crippen LogP contribution in [0.1, 0.15) is 38.1 Å². The van der Waals surface area contributed by atoms with Crippen molar-refractivity contribution in [1.82, 2.24) is 14.5 Å². The van der Waals surface area contributed by atoms with Crippen LogP contribution < -0.4 is 5.73 Å². The molecule has 7 heteroatoms.